The number of halogens is 2. The average Bonchev–Trinajstić information content (AvgIpc) is 2.34. The van der Waals surface area contributed by atoms with Crippen molar-refractivity contribution in [3.8, 4) is 0 Å². The monoisotopic (exact) mass is 355 g/mol. The minimum Gasteiger partial charge on any atom is -0.373 e. The summed E-state index contributed by atoms with van der Waals surface area (Å²) in [7, 11) is 1.85. The molecule has 0 bridgehead atoms. The molecular weight excluding hydrogens is 346 g/mol. The summed E-state index contributed by atoms with van der Waals surface area (Å²) in [6, 6.07) is 9.87. The van der Waals surface area contributed by atoms with E-state index in [0.717, 1.165) is 26.1 Å². The third kappa shape index (κ3) is 3.20. The van der Waals surface area contributed by atoms with E-state index < -0.39 is 0 Å². The molecule has 0 aliphatic carbocycles. The van der Waals surface area contributed by atoms with E-state index in [4.69, 9.17) is 0 Å². The number of pyridine rings is 1. The first kappa shape index (κ1) is 12.4. The number of benzene rings is 1. The van der Waals surface area contributed by atoms with Gasteiger partial charge in [-0.3, -0.25) is 0 Å². The normalized spacial score (nSPS) is 10.1. The molecule has 17 heavy (non-hydrogen) atoms. The van der Waals surface area contributed by atoms with Gasteiger partial charge in [0, 0.05) is 33.9 Å². The Balaban J connectivity index is 2.27. The number of rotatable bonds is 3. The van der Waals surface area contributed by atoms with Crippen LogP contribution in [0.5, 0.6) is 0 Å². The van der Waals surface area contributed by atoms with Gasteiger partial charge in [-0.15, -0.1) is 0 Å². The Bertz CT molecular complexity index is 529. The van der Waals surface area contributed by atoms with Crippen LogP contribution in [0.1, 0.15) is 0 Å². The van der Waals surface area contributed by atoms with E-state index in [1.54, 1.807) is 6.20 Å². The van der Waals surface area contributed by atoms with Gasteiger partial charge in [0.25, 0.3) is 0 Å². The van der Waals surface area contributed by atoms with Crippen LogP contribution < -0.4 is 10.6 Å². The first-order valence-corrected chi connectivity index (χ1v) is 6.63. The Hall–Kier alpha value is -1.07. The first-order valence-electron chi connectivity index (χ1n) is 5.05. The molecule has 2 N–H and O–H groups in total. The second kappa shape index (κ2) is 5.51. The van der Waals surface area contributed by atoms with Crippen LogP contribution in [0.25, 0.3) is 0 Å². The highest BCUT2D eigenvalue weighted by Gasteiger charge is 2.02. The Morgan fingerprint density at radius 2 is 1.94 bits per heavy atom. The van der Waals surface area contributed by atoms with Gasteiger partial charge in [-0.1, -0.05) is 15.9 Å². The molecule has 0 radical (unpaired) electrons. The van der Waals surface area contributed by atoms with Crippen LogP contribution in [0.3, 0.4) is 0 Å². The summed E-state index contributed by atoms with van der Waals surface area (Å²) in [5.41, 5.74) is 2.00. The first-order chi connectivity index (χ1) is 8.19. The van der Waals surface area contributed by atoms with Crippen molar-refractivity contribution in [3.63, 3.8) is 0 Å². The van der Waals surface area contributed by atoms with E-state index in [-0.39, 0.29) is 0 Å². The summed E-state index contributed by atoms with van der Waals surface area (Å²) in [6.45, 7) is 0. The molecule has 5 heteroatoms. The molecule has 0 aliphatic heterocycles. The zero-order chi connectivity index (χ0) is 12.3. The highest BCUT2D eigenvalue weighted by Crippen LogP contribution is 2.29. The lowest BCUT2D eigenvalue weighted by Crippen LogP contribution is -1.95. The average molecular weight is 357 g/mol. The van der Waals surface area contributed by atoms with E-state index in [1.165, 1.54) is 0 Å². The van der Waals surface area contributed by atoms with Gasteiger partial charge in [0.05, 0.1) is 5.69 Å². The predicted octanol–water partition coefficient (Wildman–Crippen LogP) is 4.39. The van der Waals surface area contributed by atoms with Gasteiger partial charge in [-0.2, -0.15) is 0 Å². The number of anilines is 3. The highest BCUT2D eigenvalue weighted by atomic mass is 79.9. The summed E-state index contributed by atoms with van der Waals surface area (Å²) in [5, 5.41) is 6.34. The topological polar surface area (TPSA) is 37.0 Å². The molecular formula is C12H11Br2N3. The quantitative estimate of drug-likeness (QED) is 0.856. The van der Waals surface area contributed by atoms with Crippen LogP contribution in [0, 0.1) is 0 Å². The smallest absolute Gasteiger partial charge is 0.127 e. The predicted molar refractivity (Wildman–Crippen MR) is 78.9 cm³/mol. The highest BCUT2D eigenvalue weighted by molar-refractivity contribution is 9.11. The molecule has 1 aromatic carbocycles. The number of aromatic nitrogens is 1. The van der Waals surface area contributed by atoms with Crippen molar-refractivity contribution < 1.29 is 0 Å². The second-order valence-corrected chi connectivity index (χ2v) is 5.20. The maximum atomic E-state index is 4.17. The fraction of sp³-hybridized carbons (Fsp3) is 0.0833. The molecule has 88 valence electrons. The van der Waals surface area contributed by atoms with E-state index in [2.05, 4.69) is 47.5 Å². The third-order valence-electron chi connectivity index (χ3n) is 2.22. The molecule has 0 saturated heterocycles. The molecule has 0 aliphatic rings. The van der Waals surface area contributed by atoms with E-state index in [1.807, 2.05) is 37.4 Å². The van der Waals surface area contributed by atoms with E-state index in [9.17, 15) is 0 Å². The summed E-state index contributed by atoms with van der Waals surface area (Å²) in [4.78, 5) is 4.17. The molecule has 2 rings (SSSR count). The minimum absolute atomic E-state index is 0.834. The maximum absolute atomic E-state index is 4.17. The van der Waals surface area contributed by atoms with Gasteiger partial charge in [0.15, 0.2) is 0 Å². The summed E-state index contributed by atoms with van der Waals surface area (Å²) >= 11 is 6.96. The van der Waals surface area contributed by atoms with Crippen molar-refractivity contribution in [1.82, 2.24) is 4.98 Å². The zero-order valence-electron chi connectivity index (χ0n) is 9.17. The number of hydrogen-bond acceptors (Lipinski definition) is 3. The molecule has 1 heterocycles. The molecule has 0 atom stereocenters. The van der Waals surface area contributed by atoms with Crippen molar-refractivity contribution in [2.24, 2.45) is 0 Å². The van der Waals surface area contributed by atoms with Crippen LogP contribution >= 0.6 is 31.9 Å². The molecule has 0 unspecified atom stereocenters. The van der Waals surface area contributed by atoms with Crippen LogP contribution in [0.15, 0.2) is 45.5 Å². The number of hydrogen-bond donors (Lipinski definition) is 2. The lowest BCUT2D eigenvalue weighted by atomic mass is 10.3. The van der Waals surface area contributed by atoms with Crippen LogP contribution in [0.2, 0.25) is 0 Å². The molecule has 0 fully saturated rings. The zero-order valence-corrected chi connectivity index (χ0v) is 12.3. The van der Waals surface area contributed by atoms with Crippen molar-refractivity contribution in [3.05, 3.63) is 45.5 Å². The molecule has 0 spiro atoms. The Labute approximate surface area is 117 Å². The van der Waals surface area contributed by atoms with Gasteiger partial charge < -0.3 is 10.6 Å². The van der Waals surface area contributed by atoms with Crippen molar-refractivity contribution in [2.75, 3.05) is 17.7 Å². The SMILES string of the molecule is CNc1cc(Nc2cc(Br)ccc2Br)ccn1. The lowest BCUT2D eigenvalue weighted by Gasteiger charge is -2.10. The molecule has 1 aromatic heterocycles. The van der Waals surface area contributed by atoms with Crippen molar-refractivity contribution in [2.45, 2.75) is 0 Å². The summed E-state index contributed by atoms with van der Waals surface area (Å²) in [6.07, 6.45) is 1.76. The standard InChI is InChI=1S/C12H11Br2N3/c1-15-12-7-9(4-5-16-12)17-11-6-8(13)2-3-10(11)14/h2-7H,1H3,(H2,15,16,17). The van der Waals surface area contributed by atoms with Gasteiger partial charge in [0.2, 0.25) is 0 Å². The second-order valence-electron chi connectivity index (χ2n) is 3.43. The van der Waals surface area contributed by atoms with Crippen LogP contribution in [-0.4, -0.2) is 12.0 Å². The Morgan fingerprint density at radius 1 is 1.12 bits per heavy atom. The van der Waals surface area contributed by atoms with Crippen LogP contribution in [0.4, 0.5) is 17.2 Å². The summed E-state index contributed by atoms with van der Waals surface area (Å²) < 4.78 is 2.05. The lowest BCUT2D eigenvalue weighted by molar-refractivity contribution is 1.28. The van der Waals surface area contributed by atoms with Gasteiger partial charge in [-0.25, -0.2) is 4.98 Å². The minimum atomic E-state index is 0.834. The van der Waals surface area contributed by atoms with Gasteiger partial charge in [0.1, 0.15) is 5.82 Å². The fourth-order valence-corrected chi connectivity index (χ4v) is 2.10. The third-order valence-corrected chi connectivity index (χ3v) is 3.41. The van der Waals surface area contributed by atoms with Crippen molar-refractivity contribution >= 4 is 49.1 Å². The number of nitrogens with one attached hydrogen (secondary N) is 2. The Morgan fingerprint density at radius 3 is 2.71 bits per heavy atom. The molecule has 3 nitrogen and oxygen atoms in total. The molecule has 2 aromatic rings. The summed E-state index contributed by atoms with van der Waals surface area (Å²) in [5.74, 6) is 0.834. The number of nitrogens with zero attached hydrogens (tertiary/aromatic N) is 1. The maximum Gasteiger partial charge on any atom is 0.127 e. The largest absolute Gasteiger partial charge is 0.373 e. The van der Waals surface area contributed by atoms with Crippen molar-refractivity contribution in [1.29, 1.82) is 0 Å². The Kier molecular flexibility index (Phi) is 4.02. The molecule has 0 saturated carbocycles. The van der Waals surface area contributed by atoms with Gasteiger partial charge >= 0.3 is 0 Å². The fourth-order valence-electron chi connectivity index (χ4n) is 1.39. The van der Waals surface area contributed by atoms with Gasteiger partial charge in [-0.05, 0) is 40.2 Å². The molecule has 0 amide bonds. The van der Waals surface area contributed by atoms with E-state index >= 15 is 0 Å². The van der Waals surface area contributed by atoms with E-state index in [0.29, 0.717) is 0 Å². The van der Waals surface area contributed by atoms with Crippen LogP contribution in [-0.2, 0) is 0 Å².